The minimum atomic E-state index is -0.776. The fraction of sp³-hybridized carbons (Fsp3) is 0.417. The Morgan fingerprint density at radius 1 is 1.65 bits per heavy atom. The smallest absolute Gasteiger partial charge is 0.317 e. The van der Waals surface area contributed by atoms with E-state index in [0.717, 1.165) is 16.6 Å². The van der Waals surface area contributed by atoms with Crippen molar-refractivity contribution in [2.75, 3.05) is 19.3 Å². The predicted molar refractivity (Wildman–Crippen MR) is 72.5 cm³/mol. The van der Waals surface area contributed by atoms with Crippen molar-refractivity contribution in [3.63, 3.8) is 0 Å². The number of nitrogens with zero attached hydrogens (tertiary/aromatic N) is 1. The zero-order valence-electron chi connectivity index (χ0n) is 9.52. The van der Waals surface area contributed by atoms with E-state index in [9.17, 15) is 4.79 Å². The Hall–Kier alpha value is -0.520. The molecule has 1 atom stereocenters. The maximum Gasteiger partial charge on any atom is 0.317 e. The first-order valence-corrected chi connectivity index (χ1v) is 7.20. The van der Waals surface area contributed by atoms with Crippen molar-refractivity contribution in [1.82, 2.24) is 4.90 Å². The summed E-state index contributed by atoms with van der Waals surface area (Å²) in [6, 6.07) is 6.45. The number of carbonyl (C=O) groups is 1. The van der Waals surface area contributed by atoms with Crippen molar-refractivity contribution in [2.24, 2.45) is 0 Å². The third-order valence-electron chi connectivity index (χ3n) is 2.90. The molecule has 0 bridgehead atoms. The highest BCUT2D eigenvalue weighted by Gasteiger charge is 2.25. The third-order valence-corrected chi connectivity index (χ3v) is 4.51. The van der Waals surface area contributed by atoms with E-state index in [1.54, 1.807) is 0 Å². The van der Waals surface area contributed by atoms with Crippen molar-refractivity contribution in [3.8, 4) is 0 Å². The Labute approximate surface area is 113 Å². The van der Waals surface area contributed by atoms with Gasteiger partial charge in [0.25, 0.3) is 0 Å². The normalized spacial score (nSPS) is 19.1. The SMILES string of the molecule is CN(CC(=O)O)[C@@H]1CCSc2ccc(Br)cc21. The number of carboxylic acids is 1. The van der Waals surface area contributed by atoms with E-state index in [1.807, 2.05) is 29.8 Å². The fourth-order valence-corrected chi connectivity index (χ4v) is 3.59. The first-order chi connectivity index (χ1) is 8.08. The average molecular weight is 316 g/mol. The number of benzene rings is 1. The van der Waals surface area contributed by atoms with E-state index < -0.39 is 5.97 Å². The van der Waals surface area contributed by atoms with Gasteiger partial charge in [-0.1, -0.05) is 15.9 Å². The van der Waals surface area contributed by atoms with Crippen LogP contribution < -0.4 is 0 Å². The number of halogens is 1. The molecule has 1 heterocycles. The number of hydrogen-bond donors (Lipinski definition) is 1. The van der Waals surface area contributed by atoms with Crippen LogP contribution in [0, 0.1) is 0 Å². The molecule has 2 rings (SSSR count). The number of likely N-dealkylation sites (N-methyl/N-ethyl adjacent to an activating group) is 1. The van der Waals surface area contributed by atoms with Crippen LogP contribution in [0.15, 0.2) is 27.6 Å². The minimum absolute atomic E-state index is 0.0846. The molecule has 17 heavy (non-hydrogen) atoms. The van der Waals surface area contributed by atoms with Gasteiger partial charge in [0, 0.05) is 15.4 Å². The monoisotopic (exact) mass is 315 g/mol. The summed E-state index contributed by atoms with van der Waals surface area (Å²) < 4.78 is 1.05. The van der Waals surface area contributed by atoms with Gasteiger partial charge in [-0.05, 0) is 43.0 Å². The zero-order chi connectivity index (χ0) is 12.4. The highest BCUT2D eigenvalue weighted by Crippen LogP contribution is 2.39. The molecule has 0 saturated carbocycles. The van der Waals surface area contributed by atoms with Crippen molar-refractivity contribution < 1.29 is 9.90 Å². The van der Waals surface area contributed by atoms with E-state index >= 15 is 0 Å². The third kappa shape index (κ3) is 3.03. The topological polar surface area (TPSA) is 40.5 Å². The van der Waals surface area contributed by atoms with Crippen LogP contribution in [0.2, 0.25) is 0 Å². The second-order valence-corrected chi connectivity index (χ2v) is 6.20. The lowest BCUT2D eigenvalue weighted by molar-refractivity contribution is -0.138. The van der Waals surface area contributed by atoms with Gasteiger partial charge in [-0.2, -0.15) is 0 Å². The number of hydrogen-bond acceptors (Lipinski definition) is 3. The van der Waals surface area contributed by atoms with Crippen LogP contribution in [-0.2, 0) is 4.79 Å². The maximum atomic E-state index is 10.8. The summed E-state index contributed by atoms with van der Waals surface area (Å²) in [6.45, 7) is 0.0846. The maximum absolute atomic E-state index is 10.8. The number of aliphatic carboxylic acids is 1. The fourth-order valence-electron chi connectivity index (χ4n) is 2.13. The van der Waals surface area contributed by atoms with Gasteiger partial charge in [-0.3, -0.25) is 9.69 Å². The molecule has 5 heteroatoms. The standard InChI is InChI=1S/C12H14BrNO2S/c1-14(7-12(15)16)10-4-5-17-11-3-2-8(13)6-9(10)11/h2-3,6,10H,4-5,7H2,1H3,(H,15,16)/t10-/m1/s1. The van der Waals surface area contributed by atoms with Crippen LogP contribution in [0.1, 0.15) is 18.0 Å². The summed E-state index contributed by atoms with van der Waals surface area (Å²) in [5.74, 6) is 0.269. The van der Waals surface area contributed by atoms with Crippen molar-refractivity contribution >= 4 is 33.7 Å². The largest absolute Gasteiger partial charge is 0.480 e. The van der Waals surface area contributed by atoms with Crippen LogP contribution in [0.25, 0.3) is 0 Å². The van der Waals surface area contributed by atoms with Gasteiger partial charge in [0.1, 0.15) is 0 Å². The summed E-state index contributed by atoms with van der Waals surface area (Å²) in [4.78, 5) is 14.0. The van der Waals surface area contributed by atoms with Gasteiger partial charge < -0.3 is 5.11 Å². The molecule has 0 aromatic heterocycles. The molecule has 1 aromatic carbocycles. The minimum Gasteiger partial charge on any atom is -0.480 e. The Balaban J connectivity index is 2.27. The van der Waals surface area contributed by atoms with E-state index in [1.165, 1.54) is 10.5 Å². The molecule has 1 aromatic rings. The van der Waals surface area contributed by atoms with Gasteiger partial charge in [-0.15, -0.1) is 11.8 Å². The summed E-state index contributed by atoms with van der Waals surface area (Å²) >= 11 is 5.32. The first kappa shape index (κ1) is 12.9. The lowest BCUT2D eigenvalue weighted by atomic mass is 10.0. The van der Waals surface area contributed by atoms with E-state index in [0.29, 0.717) is 0 Å². The van der Waals surface area contributed by atoms with Crippen LogP contribution in [0.3, 0.4) is 0 Å². The molecular weight excluding hydrogens is 302 g/mol. The molecule has 0 aliphatic carbocycles. The lowest BCUT2D eigenvalue weighted by Gasteiger charge is -2.32. The van der Waals surface area contributed by atoms with Crippen LogP contribution >= 0.6 is 27.7 Å². The van der Waals surface area contributed by atoms with Gasteiger partial charge in [0.05, 0.1) is 6.54 Å². The predicted octanol–water partition coefficient (Wildman–Crippen LogP) is 3.00. The number of fused-ring (bicyclic) bond motifs is 1. The highest BCUT2D eigenvalue weighted by molar-refractivity contribution is 9.10. The van der Waals surface area contributed by atoms with Crippen LogP contribution in [0.4, 0.5) is 0 Å². The quantitative estimate of drug-likeness (QED) is 0.931. The summed E-state index contributed by atoms with van der Waals surface area (Å²) in [5, 5.41) is 8.86. The Morgan fingerprint density at radius 3 is 3.12 bits per heavy atom. The second kappa shape index (κ2) is 5.42. The van der Waals surface area contributed by atoms with Crippen LogP contribution in [0.5, 0.6) is 0 Å². The summed E-state index contributed by atoms with van der Waals surface area (Å²) in [7, 11) is 1.87. The number of rotatable bonds is 3. The Morgan fingerprint density at radius 2 is 2.41 bits per heavy atom. The molecule has 1 N–H and O–H groups in total. The van der Waals surface area contributed by atoms with Crippen LogP contribution in [-0.4, -0.2) is 35.3 Å². The molecule has 1 aliphatic heterocycles. The molecule has 92 valence electrons. The first-order valence-electron chi connectivity index (χ1n) is 5.42. The number of carboxylic acid groups (broad SMARTS) is 1. The summed E-state index contributed by atoms with van der Waals surface area (Å²) in [5.41, 5.74) is 1.24. The molecule has 0 fully saturated rings. The second-order valence-electron chi connectivity index (χ2n) is 4.14. The van der Waals surface area contributed by atoms with Gasteiger partial charge in [0.2, 0.25) is 0 Å². The van der Waals surface area contributed by atoms with Crippen molar-refractivity contribution in [2.45, 2.75) is 17.4 Å². The van der Waals surface area contributed by atoms with Crippen molar-refractivity contribution in [3.05, 3.63) is 28.2 Å². The Kier molecular flexibility index (Phi) is 4.12. The molecule has 3 nitrogen and oxygen atoms in total. The molecule has 0 spiro atoms. The highest BCUT2D eigenvalue weighted by atomic mass is 79.9. The Bertz CT molecular complexity index is 439. The van der Waals surface area contributed by atoms with Gasteiger partial charge in [0.15, 0.2) is 0 Å². The molecule has 0 unspecified atom stereocenters. The summed E-state index contributed by atoms with van der Waals surface area (Å²) in [6.07, 6.45) is 0.998. The molecule has 0 amide bonds. The molecule has 0 saturated heterocycles. The zero-order valence-corrected chi connectivity index (χ0v) is 11.9. The van der Waals surface area contributed by atoms with Crippen molar-refractivity contribution in [1.29, 1.82) is 0 Å². The van der Waals surface area contributed by atoms with E-state index in [-0.39, 0.29) is 12.6 Å². The molecular formula is C12H14BrNO2S. The van der Waals surface area contributed by atoms with Gasteiger partial charge >= 0.3 is 5.97 Å². The average Bonchev–Trinajstić information content (AvgIpc) is 2.27. The molecule has 0 radical (unpaired) electrons. The van der Waals surface area contributed by atoms with E-state index in [4.69, 9.17) is 5.11 Å². The lowest BCUT2D eigenvalue weighted by Crippen LogP contribution is -2.31. The number of thioether (sulfide) groups is 1. The van der Waals surface area contributed by atoms with Gasteiger partial charge in [-0.25, -0.2) is 0 Å². The van der Waals surface area contributed by atoms with E-state index in [2.05, 4.69) is 28.1 Å². The molecule has 1 aliphatic rings.